The highest BCUT2D eigenvalue weighted by molar-refractivity contribution is 7.89. The van der Waals surface area contributed by atoms with E-state index in [0.717, 1.165) is 17.0 Å². The van der Waals surface area contributed by atoms with Crippen LogP contribution in [0.2, 0.25) is 0 Å². The van der Waals surface area contributed by atoms with Crippen molar-refractivity contribution in [3.8, 4) is 17.3 Å². The van der Waals surface area contributed by atoms with Crippen LogP contribution in [0, 0.1) is 20.8 Å². The zero-order valence-corrected chi connectivity index (χ0v) is 21.7. The molecule has 11 heteroatoms. The van der Waals surface area contributed by atoms with Crippen LogP contribution in [0.25, 0.3) is 5.82 Å². The summed E-state index contributed by atoms with van der Waals surface area (Å²) >= 11 is 0. The minimum absolute atomic E-state index is 0.153. The van der Waals surface area contributed by atoms with Gasteiger partial charge in [0.25, 0.3) is 0 Å². The van der Waals surface area contributed by atoms with Gasteiger partial charge in [0.1, 0.15) is 16.4 Å². The largest absolute Gasteiger partial charge is 0.494 e. The van der Waals surface area contributed by atoms with Crippen molar-refractivity contribution >= 4 is 15.8 Å². The van der Waals surface area contributed by atoms with Gasteiger partial charge < -0.3 is 14.4 Å². The van der Waals surface area contributed by atoms with Crippen molar-refractivity contribution in [2.45, 2.75) is 39.5 Å². The molecule has 4 rings (SSSR count). The number of ether oxygens (including phenoxy) is 2. The van der Waals surface area contributed by atoms with Crippen molar-refractivity contribution in [2.24, 2.45) is 0 Å². The van der Waals surface area contributed by atoms with Crippen LogP contribution < -0.4 is 14.4 Å². The Balaban J connectivity index is 1.47. The zero-order valence-electron chi connectivity index (χ0n) is 20.9. The van der Waals surface area contributed by atoms with E-state index in [4.69, 9.17) is 9.47 Å². The standard InChI is InChI=1S/C24H32N6O4S/c1-6-33-20-8-9-22(21(16-20)34-7-2)35(31,32)29-14-12-28(13-15-29)23-10-11-24(26-25-23)30-19(5)17(3)18(4)27-30/h8-11,16H,6-7,12-15H2,1-5H3. The van der Waals surface area contributed by atoms with E-state index in [-0.39, 0.29) is 4.90 Å². The number of benzene rings is 1. The molecule has 1 fully saturated rings. The second-order valence-corrected chi connectivity index (χ2v) is 10.2. The van der Waals surface area contributed by atoms with Crippen molar-refractivity contribution in [1.29, 1.82) is 0 Å². The van der Waals surface area contributed by atoms with E-state index in [9.17, 15) is 8.42 Å². The van der Waals surface area contributed by atoms with E-state index >= 15 is 0 Å². The van der Waals surface area contributed by atoms with Gasteiger partial charge >= 0.3 is 0 Å². The fourth-order valence-corrected chi connectivity index (χ4v) is 5.60. The molecule has 0 unspecified atom stereocenters. The first-order valence-electron chi connectivity index (χ1n) is 11.8. The second-order valence-electron chi connectivity index (χ2n) is 8.32. The molecule has 0 spiro atoms. The highest BCUT2D eigenvalue weighted by atomic mass is 32.2. The minimum atomic E-state index is -3.72. The number of rotatable bonds is 8. The van der Waals surface area contributed by atoms with Crippen molar-refractivity contribution in [2.75, 3.05) is 44.3 Å². The van der Waals surface area contributed by atoms with Crippen LogP contribution in [0.4, 0.5) is 5.82 Å². The summed E-state index contributed by atoms with van der Waals surface area (Å²) in [4.78, 5) is 2.19. The first kappa shape index (κ1) is 24.9. The molecule has 1 saturated heterocycles. The number of nitrogens with zero attached hydrogens (tertiary/aromatic N) is 6. The van der Waals surface area contributed by atoms with Crippen molar-refractivity contribution in [1.82, 2.24) is 24.3 Å². The molecule has 1 aromatic carbocycles. The van der Waals surface area contributed by atoms with Gasteiger partial charge in [-0.1, -0.05) is 0 Å². The summed E-state index contributed by atoms with van der Waals surface area (Å²) in [6.07, 6.45) is 0. The summed E-state index contributed by atoms with van der Waals surface area (Å²) in [6.45, 7) is 12.2. The Morgan fingerprint density at radius 1 is 0.886 bits per heavy atom. The molecule has 3 heterocycles. The third kappa shape index (κ3) is 4.96. The predicted octanol–water partition coefficient (Wildman–Crippen LogP) is 2.90. The average molecular weight is 501 g/mol. The van der Waals surface area contributed by atoms with Crippen LogP contribution in [-0.2, 0) is 10.0 Å². The van der Waals surface area contributed by atoms with Crippen LogP contribution in [0.5, 0.6) is 11.5 Å². The number of hydrogen-bond donors (Lipinski definition) is 0. The number of anilines is 1. The third-order valence-electron chi connectivity index (χ3n) is 6.21. The Morgan fingerprint density at radius 3 is 2.11 bits per heavy atom. The predicted molar refractivity (Wildman–Crippen MR) is 133 cm³/mol. The Morgan fingerprint density at radius 2 is 1.54 bits per heavy atom. The van der Waals surface area contributed by atoms with Gasteiger partial charge in [0.2, 0.25) is 10.0 Å². The highest BCUT2D eigenvalue weighted by Gasteiger charge is 2.31. The SMILES string of the molecule is CCOc1ccc(S(=O)(=O)N2CCN(c3ccc(-n4nc(C)c(C)c4C)nn3)CC2)c(OCC)c1. The van der Waals surface area contributed by atoms with E-state index in [0.29, 0.717) is 62.5 Å². The molecule has 0 amide bonds. The molecule has 1 aliphatic heterocycles. The first-order valence-corrected chi connectivity index (χ1v) is 13.2. The van der Waals surface area contributed by atoms with E-state index in [1.165, 1.54) is 4.31 Å². The molecule has 1 aliphatic rings. The molecule has 35 heavy (non-hydrogen) atoms. The molecule has 0 atom stereocenters. The molecular weight excluding hydrogens is 468 g/mol. The second kappa shape index (κ2) is 10.2. The normalized spacial score (nSPS) is 14.8. The molecule has 0 N–H and O–H groups in total. The summed E-state index contributed by atoms with van der Waals surface area (Å²) in [5, 5.41) is 13.3. The summed E-state index contributed by atoms with van der Waals surface area (Å²) in [5.74, 6) is 2.25. The van der Waals surface area contributed by atoms with E-state index < -0.39 is 10.0 Å². The molecule has 0 saturated carbocycles. The number of sulfonamides is 1. The topological polar surface area (TPSA) is 103 Å². The molecule has 3 aromatic rings. The van der Waals surface area contributed by atoms with E-state index in [2.05, 4.69) is 15.3 Å². The number of hydrogen-bond acceptors (Lipinski definition) is 8. The Bertz CT molecular complexity index is 1280. The summed E-state index contributed by atoms with van der Waals surface area (Å²) < 4.78 is 41.2. The van der Waals surface area contributed by atoms with Gasteiger partial charge in [-0.3, -0.25) is 0 Å². The van der Waals surface area contributed by atoms with Crippen molar-refractivity contribution in [3.05, 3.63) is 47.3 Å². The fourth-order valence-electron chi connectivity index (χ4n) is 4.07. The number of piperazine rings is 1. The van der Waals surface area contributed by atoms with Gasteiger partial charge in [-0.05, 0) is 64.4 Å². The summed E-state index contributed by atoms with van der Waals surface area (Å²) in [5.41, 5.74) is 3.13. The minimum Gasteiger partial charge on any atom is -0.494 e. The van der Waals surface area contributed by atoms with Gasteiger partial charge in [-0.25, -0.2) is 13.1 Å². The molecule has 0 bridgehead atoms. The maximum Gasteiger partial charge on any atom is 0.246 e. The lowest BCUT2D eigenvalue weighted by Gasteiger charge is -2.34. The molecular formula is C24H32N6O4S. The molecule has 10 nitrogen and oxygen atoms in total. The number of aryl methyl sites for hydroxylation is 1. The van der Waals surface area contributed by atoms with Crippen LogP contribution in [-0.4, -0.2) is 72.1 Å². The van der Waals surface area contributed by atoms with Crippen LogP contribution in [0.3, 0.4) is 0 Å². The Hall–Kier alpha value is -3.18. The fraction of sp³-hybridized carbons (Fsp3) is 0.458. The Labute approximate surface area is 206 Å². The lowest BCUT2D eigenvalue weighted by atomic mass is 10.2. The van der Waals surface area contributed by atoms with Gasteiger partial charge in [0.15, 0.2) is 11.6 Å². The average Bonchev–Trinajstić information content (AvgIpc) is 3.12. The van der Waals surface area contributed by atoms with Crippen LogP contribution in [0.15, 0.2) is 35.2 Å². The smallest absolute Gasteiger partial charge is 0.246 e. The first-order chi connectivity index (χ1) is 16.8. The van der Waals surface area contributed by atoms with Gasteiger partial charge in [0, 0.05) is 37.9 Å². The monoisotopic (exact) mass is 500 g/mol. The van der Waals surface area contributed by atoms with Gasteiger partial charge in [-0.15, -0.1) is 10.2 Å². The lowest BCUT2D eigenvalue weighted by molar-refractivity contribution is 0.314. The van der Waals surface area contributed by atoms with E-state index in [1.54, 1.807) is 22.9 Å². The van der Waals surface area contributed by atoms with Gasteiger partial charge in [0.05, 0.1) is 18.9 Å². The van der Waals surface area contributed by atoms with E-state index in [1.807, 2.05) is 51.7 Å². The van der Waals surface area contributed by atoms with Crippen molar-refractivity contribution < 1.29 is 17.9 Å². The lowest BCUT2D eigenvalue weighted by Crippen LogP contribution is -2.49. The van der Waals surface area contributed by atoms with Crippen LogP contribution in [0.1, 0.15) is 30.8 Å². The van der Waals surface area contributed by atoms with Crippen molar-refractivity contribution in [3.63, 3.8) is 0 Å². The number of aromatic nitrogens is 4. The van der Waals surface area contributed by atoms with Gasteiger partial charge in [-0.2, -0.15) is 9.40 Å². The third-order valence-corrected chi connectivity index (χ3v) is 8.15. The maximum absolute atomic E-state index is 13.4. The quantitative estimate of drug-likeness (QED) is 0.465. The highest BCUT2D eigenvalue weighted by Crippen LogP contribution is 2.32. The zero-order chi connectivity index (χ0) is 25.2. The summed E-state index contributed by atoms with van der Waals surface area (Å²) in [6, 6.07) is 8.65. The molecule has 188 valence electrons. The summed E-state index contributed by atoms with van der Waals surface area (Å²) in [7, 11) is -3.72. The Kier molecular flexibility index (Phi) is 7.27. The van der Waals surface area contributed by atoms with Crippen LogP contribution >= 0.6 is 0 Å². The molecule has 2 aromatic heterocycles. The maximum atomic E-state index is 13.4. The molecule has 0 radical (unpaired) electrons. The molecule has 0 aliphatic carbocycles.